The van der Waals surface area contributed by atoms with Crippen LogP contribution in [-0.2, 0) is 0 Å². The van der Waals surface area contributed by atoms with Gasteiger partial charge in [-0.25, -0.2) is 0 Å². The number of furan rings is 1. The third-order valence-corrected chi connectivity index (χ3v) is 11.5. The van der Waals surface area contributed by atoms with E-state index in [9.17, 15) is 0 Å². The smallest absolute Gasteiger partial charge is 0.143 e. The van der Waals surface area contributed by atoms with Crippen LogP contribution in [-0.4, -0.2) is 0 Å². The van der Waals surface area contributed by atoms with Gasteiger partial charge in [0.25, 0.3) is 0 Å². The molecule has 266 valence electrons. The molecule has 1 aromatic heterocycles. The first-order valence-corrected chi connectivity index (χ1v) is 19.6. The van der Waals surface area contributed by atoms with Crippen molar-refractivity contribution in [3.8, 4) is 67.0 Å². The zero-order chi connectivity index (χ0) is 37.7. The van der Waals surface area contributed by atoms with E-state index in [0.29, 0.717) is 0 Å². The van der Waals surface area contributed by atoms with Crippen LogP contribution < -0.4 is 0 Å². The topological polar surface area (TPSA) is 13.1 Å². The Bertz CT molecular complexity index is 3260. The monoisotopic (exact) mass is 724 g/mol. The summed E-state index contributed by atoms with van der Waals surface area (Å²) in [5.41, 5.74) is 13.8. The molecule has 0 fully saturated rings. The molecule has 0 atom stereocenters. The minimum Gasteiger partial charge on any atom is -0.455 e. The summed E-state index contributed by atoms with van der Waals surface area (Å²) in [5.74, 6) is 0.890. The highest BCUT2D eigenvalue weighted by Gasteiger charge is 2.21. The predicted molar refractivity (Wildman–Crippen MR) is 241 cm³/mol. The minimum atomic E-state index is 0.874. The van der Waals surface area contributed by atoms with Crippen LogP contribution in [0.15, 0.2) is 223 Å². The van der Waals surface area contributed by atoms with E-state index in [1.54, 1.807) is 0 Å². The van der Waals surface area contributed by atoms with Crippen LogP contribution in [0.3, 0.4) is 0 Å². The average molecular weight is 725 g/mol. The molecule has 10 aromatic carbocycles. The Morgan fingerprint density at radius 2 is 0.754 bits per heavy atom. The molecule has 0 N–H and O–H groups in total. The van der Waals surface area contributed by atoms with Gasteiger partial charge in [0, 0.05) is 16.5 Å². The highest BCUT2D eigenvalue weighted by Crippen LogP contribution is 2.47. The lowest BCUT2D eigenvalue weighted by molar-refractivity contribution is 0.632. The van der Waals surface area contributed by atoms with Crippen LogP contribution in [0.5, 0.6) is 0 Å². The van der Waals surface area contributed by atoms with E-state index in [4.69, 9.17) is 4.42 Å². The van der Waals surface area contributed by atoms with E-state index in [1.165, 1.54) is 65.7 Å². The standard InChI is InChI=1S/C56H36O/c1-4-16-37(17-5-1)42-30-32-49-51(35-42)53(47-27-12-13-28-48(47)55(49)46-29-15-23-38-18-10-11-26-45(38)46)44-25-14-24-41(34-44)43-31-33-50-52(36-43)57-56(40-21-8-3-9-22-40)54(50)39-19-6-2-7-20-39/h1-36H. The largest absolute Gasteiger partial charge is 0.455 e. The van der Waals surface area contributed by atoms with Gasteiger partial charge in [-0.3, -0.25) is 0 Å². The molecule has 11 aromatic rings. The van der Waals surface area contributed by atoms with Crippen molar-refractivity contribution < 1.29 is 4.42 Å². The average Bonchev–Trinajstić information content (AvgIpc) is 3.68. The zero-order valence-electron chi connectivity index (χ0n) is 31.2. The Hall–Kier alpha value is -7.48. The fourth-order valence-electron chi connectivity index (χ4n) is 8.85. The Kier molecular flexibility index (Phi) is 7.89. The number of hydrogen-bond acceptors (Lipinski definition) is 1. The lowest BCUT2D eigenvalue weighted by atomic mass is 9.83. The van der Waals surface area contributed by atoms with Crippen LogP contribution >= 0.6 is 0 Å². The summed E-state index contributed by atoms with van der Waals surface area (Å²) in [6, 6.07) is 78.8. The molecule has 0 spiro atoms. The third kappa shape index (κ3) is 5.63. The summed E-state index contributed by atoms with van der Waals surface area (Å²) in [4.78, 5) is 0. The molecule has 0 radical (unpaired) electrons. The first-order chi connectivity index (χ1) is 28.3. The fraction of sp³-hybridized carbons (Fsp3) is 0. The van der Waals surface area contributed by atoms with Crippen LogP contribution in [0.4, 0.5) is 0 Å². The van der Waals surface area contributed by atoms with Crippen molar-refractivity contribution in [1.82, 2.24) is 0 Å². The van der Waals surface area contributed by atoms with E-state index in [0.717, 1.165) is 44.5 Å². The Balaban J connectivity index is 1.14. The minimum absolute atomic E-state index is 0.874. The highest BCUT2D eigenvalue weighted by molar-refractivity contribution is 6.24. The quantitative estimate of drug-likeness (QED) is 0.156. The molecule has 0 aliphatic rings. The van der Waals surface area contributed by atoms with Gasteiger partial charge < -0.3 is 4.42 Å². The maximum Gasteiger partial charge on any atom is 0.143 e. The van der Waals surface area contributed by atoms with Gasteiger partial charge in [0.05, 0.1) is 0 Å². The van der Waals surface area contributed by atoms with Crippen molar-refractivity contribution in [3.05, 3.63) is 218 Å². The molecule has 0 amide bonds. The van der Waals surface area contributed by atoms with E-state index in [2.05, 4.69) is 212 Å². The van der Waals surface area contributed by atoms with Gasteiger partial charge >= 0.3 is 0 Å². The molecule has 0 aliphatic heterocycles. The van der Waals surface area contributed by atoms with Crippen molar-refractivity contribution >= 4 is 43.3 Å². The summed E-state index contributed by atoms with van der Waals surface area (Å²) in [7, 11) is 0. The first kappa shape index (κ1) is 32.9. The SMILES string of the molecule is c1ccc(-c2ccc3c(-c4cccc5ccccc45)c4ccccc4c(-c4cccc(-c5ccc6c(-c7ccccc7)c(-c7ccccc7)oc6c5)c4)c3c2)cc1. The molecular formula is C56H36O. The summed E-state index contributed by atoms with van der Waals surface area (Å²) in [6.45, 7) is 0. The summed E-state index contributed by atoms with van der Waals surface area (Å²) in [5, 5.41) is 8.55. The Morgan fingerprint density at radius 3 is 1.51 bits per heavy atom. The van der Waals surface area contributed by atoms with Crippen LogP contribution in [0.25, 0.3) is 110 Å². The number of fused-ring (bicyclic) bond motifs is 4. The molecule has 0 saturated heterocycles. The van der Waals surface area contributed by atoms with Gasteiger partial charge in [-0.1, -0.05) is 194 Å². The maximum absolute atomic E-state index is 6.77. The van der Waals surface area contributed by atoms with E-state index in [-0.39, 0.29) is 0 Å². The van der Waals surface area contributed by atoms with Gasteiger partial charge in [0.1, 0.15) is 11.3 Å². The molecular weight excluding hydrogens is 689 g/mol. The highest BCUT2D eigenvalue weighted by atomic mass is 16.3. The van der Waals surface area contributed by atoms with Crippen molar-refractivity contribution in [1.29, 1.82) is 0 Å². The van der Waals surface area contributed by atoms with Gasteiger partial charge in [-0.15, -0.1) is 0 Å². The molecule has 0 bridgehead atoms. The van der Waals surface area contributed by atoms with Crippen LogP contribution in [0.2, 0.25) is 0 Å². The predicted octanol–water partition coefficient (Wildman–Crippen LogP) is 15.9. The second-order valence-corrected chi connectivity index (χ2v) is 14.8. The van der Waals surface area contributed by atoms with Crippen molar-refractivity contribution in [3.63, 3.8) is 0 Å². The van der Waals surface area contributed by atoms with Gasteiger partial charge in [0.15, 0.2) is 0 Å². The number of hydrogen-bond donors (Lipinski definition) is 0. The van der Waals surface area contributed by atoms with Crippen molar-refractivity contribution in [2.24, 2.45) is 0 Å². The Morgan fingerprint density at radius 1 is 0.246 bits per heavy atom. The van der Waals surface area contributed by atoms with Crippen LogP contribution in [0.1, 0.15) is 0 Å². The van der Waals surface area contributed by atoms with Gasteiger partial charge in [-0.05, 0) is 107 Å². The second-order valence-electron chi connectivity index (χ2n) is 14.8. The summed E-state index contributed by atoms with van der Waals surface area (Å²) >= 11 is 0. The molecule has 0 saturated carbocycles. The van der Waals surface area contributed by atoms with Crippen molar-refractivity contribution in [2.75, 3.05) is 0 Å². The fourth-order valence-corrected chi connectivity index (χ4v) is 8.85. The Labute approximate surface area is 331 Å². The first-order valence-electron chi connectivity index (χ1n) is 19.6. The normalized spacial score (nSPS) is 11.5. The molecule has 1 nitrogen and oxygen atoms in total. The van der Waals surface area contributed by atoms with E-state index >= 15 is 0 Å². The second kappa shape index (κ2) is 13.7. The summed E-state index contributed by atoms with van der Waals surface area (Å²) < 4.78 is 6.77. The number of benzene rings is 10. The molecule has 0 aliphatic carbocycles. The van der Waals surface area contributed by atoms with Crippen LogP contribution in [0, 0.1) is 0 Å². The lowest BCUT2D eigenvalue weighted by Crippen LogP contribution is -1.93. The third-order valence-electron chi connectivity index (χ3n) is 11.5. The maximum atomic E-state index is 6.77. The molecule has 11 rings (SSSR count). The summed E-state index contributed by atoms with van der Waals surface area (Å²) in [6.07, 6.45) is 0. The number of rotatable bonds is 6. The molecule has 1 heteroatoms. The van der Waals surface area contributed by atoms with Gasteiger partial charge in [-0.2, -0.15) is 0 Å². The molecule has 57 heavy (non-hydrogen) atoms. The lowest BCUT2D eigenvalue weighted by Gasteiger charge is -2.20. The molecule has 0 unspecified atom stereocenters. The zero-order valence-corrected chi connectivity index (χ0v) is 31.2. The molecule has 1 heterocycles. The van der Waals surface area contributed by atoms with E-state index < -0.39 is 0 Å². The van der Waals surface area contributed by atoms with Crippen molar-refractivity contribution in [2.45, 2.75) is 0 Å². The van der Waals surface area contributed by atoms with Gasteiger partial charge in [0.2, 0.25) is 0 Å². The van der Waals surface area contributed by atoms with E-state index in [1.807, 2.05) is 6.07 Å².